The highest BCUT2D eigenvalue weighted by atomic mass is 16.5. The van der Waals surface area contributed by atoms with Gasteiger partial charge in [-0.25, -0.2) is 5.10 Å². The molecule has 0 fully saturated rings. The molecule has 0 bridgehead atoms. The molecular weight excluding hydrogens is 396 g/mol. The molecule has 0 aliphatic carbocycles. The summed E-state index contributed by atoms with van der Waals surface area (Å²) < 4.78 is 7.18. The number of H-pyrrole nitrogens is 1. The Hall–Kier alpha value is -4.27. The monoisotopic (exact) mass is 416 g/mol. The lowest BCUT2D eigenvalue weighted by atomic mass is 10.1. The molecule has 31 heavy (non-hydrogen) atoms. The first-order valence-electron chi connectivity index (χ1n) is 9.60. The third-order valence-corrected chi connectivity index (χ3v) is 4.62. The van der Waals surface area contributed by atoms with Gasteiger partial charge in [-0.3, -0.25) is 19.3 Å². The molecular formula is C22H20N6O3. The Morgan fingerprint density at radius 2 is 2.00 bits per heavy atom. The van der Waals surface area contributed by atoms with E-state index in [1.807, 2.05) is 47.1 Å². The molecule has 0 aliphatic heterocycles. The normalized spacial score (nSPS) is 10.6. The number of ether oxygens (including phenoxy) is 1. The molecule has 1 aromatic carbocycles. The third-order valence-electron chi connectivity index (χ3n) is 4.62. The Morgan fingerprint density at radius 1 is 1.13 bits per heavy atom. The maximum Gasteiger partial charge on any atom is 0.271 e. The van der Waals surface area contributed by atoms with Crippen LogP contribution in [0.1, 0.15) is 10.5 Å². The van der Waals surface area contributed by atoms with Gasteiger partial charge in [0.05, 0.1) is 25.0 Å². The Labute approximate surface area is 177 Å². The second-order valence-corrected chi connectivity index (χ2v) is 6.67. The summed E-state index contributed by atoms with van der Waals surface area (Å²) in [6, 6.07) is 16.1. The lowest BCUT2D eigenvalue weighted by Gasteiger charge is -2.09. The topological polar surface area (TPSA) is 115 Å². The van der Waals surface area contributed by atoms with Gasteiger partial charge < -0.3 is 10.1 Å². The van der Waals surface area contributed by atoms with Gasteiger partial charge in [0.2, 0.25) is 0 Å². The average Bonchev–Trinajstić information content (AvgIpc) is 3.24. The smallest absolute Gasteiger partial charge is 0.271 e. The van der Waals surface area contributed by atoms with E-state index in [9.17, 15) is 9.59 Å². The van der Waals surface area contributed by atoms with E-state index in [1.54, 1.807) is 19.5 Å². The molecule has 2 N–H and O–H groups in total. The molecule has 1 amide bonds. The fourth-order valence-electron chi connectivity index (χ4n) is 3.09. The van der Waals surface area contributed by atoms with E-state index in [4.69, 9.17) is 9.84 Å². The van der Waals surface area contributed by atoms with Crippen LogP contribution in [0.2, 0.25) is 0 Å². The number of hydrogen-bond acceptors (Lipinski definition) is 6. The summed E-state index contributed by atoms with van der Waals surface area (Å²) in [5, 5.41) is 13.5. The van der Waals surface area contributed by atoms with Crippen LogP contribution in [0.5, 0.6) is 5.75 Å². The molecule has 0 spiro atoms. The molecule has 4 rings (SSSR count). The number of hydrogen-bond donors (Lipinski definition) is 2. The highest BCUT2D eigenvalue weighted by molar-refractivity contribution is 5.91. The lowest BCUT2D eigenvalue weighted by Crippen LogP contribution is -2.29. The highest BCUT2D eigenvalue weighted by Gasteiger charge is 2.13. The van der Waals surface area contributed by atoms with Crippen LogP contribution < -0.4 is 15.6 Å². The molecule has 3 aromatic heterocycles. The van der Waals surface area contributed by atoms with Crippen molar-refractivity contribution in [2.24, 2.45) is 0 Å². The standard InChI is InChI=1S/C22H20N6O3/c1-31-17-6-2-4-15(12-17)20-13-19(16-5-3-9-23-14-16)27-28(20)11-10-24-22(30)18-7-8-21(29)26-25-18/h2-9,12-14H,10-11H2,1H3,(H,24,30)(H,26,29). The van der Waals surface area contributed by atoms with Gasteiger partial charge in [-0.1, -0.05) is 12.1 Å². The van der Waals surface area contributed by atoms with E-state index in [0.717, 1.165) is 28.3 Å². The molecule has 9 nitrogen and oxygen atoms in total. The number of nitrogens with zero attached hydrogens (tertiary/aromatic N) is 4. The summed E-state index contributed by atoms with van der Waals surface area (Å²) in [5.41, 5.74) is 3.28. The first-order chi connectivity index (χ1) is 15.1. The van der Waals surface area contributed by atoms with Crippen molar-refractivity contribution in [1.82, 2.24) is 30.3 Å². The van der Waals surface area contributed by atoms with E-state index in [-0.39, 0.29) is 17.2 Å². The molecule has 156 valence electrons. The fourth-order valence-corrected chi connectivity index (χ4v) is 3.09. The van der Waals surface area contributed by atoms with Crippen molar-refractivity contribution in [1.29, 1.82) is 0 Å². The van der Waals surface area contributed by atoms with Crippen molar-refractivity contribution < 1.29 is 9.53 Å². The summed E-state index contributed by atoms with van der Waals surface area (Å²) in [4.78, 5) is 27.5. The molecule has 9 heteroatoms. The van der Waals surface area contributed by atoms with Crippen LogP contribution in [0, 0.1) is 0 Å². The zero-order valence-corrected chi connectivity index (χ0v) is 16.8. The second-order valence-electron chi connectivity index (χ2n) is 6.67. The predicted molar refractivity (Wildman–Crippen MR) is 115 cm³/mol. The Kier molecular flexibility index (Phi) is 5.84. The number of methoxy groups -OCH3 is 1. The van der Waals surface area contributed by atoms with Crippen LogP contribution in [0.15, 0.2) is 71.8 Å². The van der Waals surface area contributed by atoms with Crippen LogP contribution in [0.4, 0.5) is 0 Å². The first-order valence-corrected chi connectivity index (χ1v) is 9.60. The molecule has 0 unspecified atom stereocenters. The van der Waals surface area contributed by atoms with Gasteiger partial charge >= 0.3 is 0 Å². The van der Waals surface area contributed by atoms with Gasteiger partial charge in [0.1, 0.15) is 11.4 Å². The van der Waals surface area contributed by atoms with Crippen molar-refractivity contribution in [2.45, 2.75) is 6.54 Å². The molecule has 0 saturated carbocycles. The second kappa shape index (κ2) is 9.04. The number of benzene rings is 1. The molecule has 4 aromatic rings. The quantitative estimate of drug-likeness (QED) is 0.477. The van der Waals surface area contributed by atoms with Crippen molar-refractivity contribution in [3.63, 3.8) is 0 Å². The summed E-state index contributed by atoms with van der Waals surface area (Å²) in [7, 11) is 1.62. The summed E-state index contributed by atoms with van der Waals surface area (Å²) in [5.74, 6) is 0.365. The van der Waals surface area contributed by atoms with Crippen molar-refractivity contribution >= 4 is 5.91 Å². The van der Waals surface area contributed by atoms with E-state index in [1.165, 1.54) is 12.1 Å². The zero-order valence-electron chi connectivity index (χ0n) is 16.8. The van der Waals surface area contributed by atoms with E-state index in [2.05, 4.69) is 20.5 Å². The number of amides is 1. The Morgan fingerprint density at radius 3 is 2.74 bits per heavy atom. The van der Waals surface area contributed by atoms with Crippen LogP contribution in [-0.2, 0) is 6.54 Å². The van der Waals surface area contributed by atoms with Gasteiger partial charge in [0.15, 0.2) is 0 Å². The SMILES string of the molecule is COc1cccc(-c2cc(-c3cccnc3)nn2CCNC(=O)c2ccc(=O)[nH]n2)c1. The minimum Gasteiger partial charge on any atom is -0.497 e. The summed E-state index contributed by atoms with van der Waals surface area (Å²) in [6.45, 7) is 0.757. The van der Waals surface area contributed by atoms with Gasteiger partial charge in [-0.05, 0) is 36.4 Å². The van der Waals surface area contributed by atoms with E-state index in [0.29, 0.717) is 13.1 Å². The summed E-state index contributed by atoms with van der Waals surface area (Å²) >= 11 is 0. The van der Waals surface area contributed by atoms with Crippen LogP contribution >= 0.6 is 0 Å². The number of aromatic amines is 1. The molecule has 0 radical (unpaired) electrons. The zero-order chi connectivity index (χ0) is 21.6. The van der Waals surface area contributed by atoms with Gasteiger partial charge in [0, 0.05) is 36.1 Å². The number of aromatic nitrogens is 5. The van der Waals surface area contributed by atoms with E-state index >= 15 is 0 Å². The van der Waals surface area contributed by atoms with Gasteiger partial charge in [-0.15, -0.1) is 0 Å². The van der Waals surface area contributed by atoms with Crippen molar-refractivity contribution in [3.05, 3.63) is 83.0 Å². The Balaban J connectivity index is 1.57. The number of nitrogens with one attached hydrogen (secondary N) is 2. The Bertz CT molecular complexity index is 1230. The number of rotatable bonds is 7. The van der Waals surface area contributed by atoms with Crippen LogP contribution in [0.25, 0.3) is 22.5 Å². The number of carbonyl (C=O) groups is 1. The maximum atomic E-state index is 12.3. The predicted octanol–water partition coefficient (Wildman–Crippen LogP) is 2.13. The number of carbonyl (C=O) groups excluding carboxylic acids is 1. The molecule has 0 atom stereocenters. The number of pyridine rings is 1. The van der Waals surface area contributed by atoms with Crippen molar-refractivity contribution in [3.8, 4) is 28.3 Å². The summed E-state index contributed by atoms with van der Waals surface area (Å²) in [6.07, 6.45) is 3.47. The van der Waals surface area contributed by atoms with Crippen LogP contribution in [-0.4, -0.2) is 44.5 Å². The van der Waals surface area contributed by atoms with Crippen LogP contribution in [0.3, 0.4) is 0 Å². The average molecular weight is 416 g/mol. The molecule has 0 aliphatic rings. The minimum absolute atomic E-state index is 0.143. The van der Waals surface area contributed by atoms with E-state index < -0.39 is 0 Å². The van der Waals surface area contributed by atoms with Crippen molar-refractivity contribution in [2.75, 3.05) is 13.7 Å². The molecule has 0 saturated heterocycles. The van der Waals surface area contributed by atoms with Gasteiger partial charge in [-0.2, -0.15) is 10.2 Å². The first kappa shape index (κ1) is 20.0. The molecule has 3 heterocycles. The highest BCUT2D eigenvalue weighted by Crippen LogP contribution is 2.28. The fraction of sp³-hybridized carbons (Fsp3) is 0.136. The third kappa shape index (κ3) is 4.67. The lowest BCUT2D eigenvalue weighted by molar-refractivity contribution is 0.0946. The maximum absolute atomic E-state index is 12.3. The minimum atomic E-state index is -0.376. The largest absolute Gasteiger partial charge is 0.497 e. The van der Waals surface area contributed by atoms with Gasteiger partial charge in [0.25, 0.3) is 11.5 Å².